The minimum Gasteiger partial charge on any atom is -0.493 e. The third kappa shape index (κ3) is 2.38. The van der Waals surface area contributed by atoms with Crippen LogP contribution in [0.2, 0.25) is 0 Å². The molecule has 0 spiro atoms. The van der Waals surface area contributed by atoms with E-state index < -0.39 is 23.2 Å². The Kier molecular flexibility index (Phi) is 3.52. The molecule has 1 saturated carbocycles. The van der Waals surface area contributed by atoms with E-state index in [1.54, 1.807) is 0 Å². The summed E-state index contributed by atoms with van der Waals surface area (Å²) in [6, 6.07) is 2.20. The molecular formula is C13H14FNO5. The number of carbonyl (C=O) groups is 2. The van der Waals surface area contributed by atoms with Crippen LogP contribution in [0.15, 0.2) is 12.1 Å². The molecule has 2 rings (SSSR count). The molecule has 1 aliphatic rings. The average molecular weight is 283 g/mol. The van der Waals surface area contributed by atoms with E-state index in [4.69, 9.17) is 14.6 Å². The van der Waals surface area contributed by atoms with Crippen LogP contribution in [0, 0.1) is 5.82 Å². The lowest BCUT2D eigenvalue weighted by atomic mass is 10.1. The summed E-state index contributed by atoms with van der Waals surface area (Å²) in [5.74, 6) is -2.36. The van der Waals surface area contributed by atoms with Crippen LogP contribution in [-0.4, -0.2) is 36.7 Å². The number of halogens is 1. The SMILES string of the molecule is COc1cc(F)c(C(=O)NC2(C(=O)O)CC2)cc1OC. The second-order valence-corrected chi connectivity index (χ2v) is 4.53. The van der Waals surface area contributed by atoms with Crippen LogP contribution in [0.3, 0.4) is 0 Å². The lowest BCUT2D eigenvalue weighted by molar-refractivity contribution is -0.140. The average Bonchev–Trinajstić information content (AvgIpc) is 3.19. The molecule has 0 heterocycles. The molecule has 108 valence electrons. The largest absolute Gasteiger partial charge is 0.493 e. The smallest absolute Gasteiger partial charge is 0.329 e. The van der Waals surface area contributed by atoms with Crippen molar-refractivity contribution < 1.29 is 28.6 Å². The number of hydrogen-bond acceptors (Lipinski definition) is 4. The summed E-state index contributed by atoms with van der Waals surface area (Å²) in [6.45, 7) is 0. The lowest BCUT2D eigenvalue weighted by Crippen LogP contribution is -2.43. The van der Waals surface area contributed by atoms with Gasteiger partial charge in [0, 0.05) is 6.07 Å². The van der Waals surface area contributed by atoms with Gasteiger partial charge in [0.05, 0.1) is 19.8 Å². The number of carboxylic acids is 1. The first kappa shape index (κ1) is 14.1. The summed E-state index contributed by atoms with van der Waals surface area (Å²) in [5.41, 5.74) is -1.55. The first-order valence-electron chi connectivity index (χ1n) is 5.91. The molecule has 0 saturated heterocycles. The second kappa shape index (κ2) is 4.99. The van der Waals surface area contributed by atoms with Gasteiger partial charge in [0.2, 0.25) is 0 Å². The fourth-order valence-corrected chi connectivity index (χ4v) is 1.83. The maximum atomic E-state index is 13.9. The predicted octanol–water partition coefficient (Wildman–Crippen LogP) is 1.19. The third-order valence-electron chi connectivity index (χ3n) is 3.23. The van der Waals surface area contributed by atoms with Crippen LogP contribution >= 0.6 is 0 Å². The number of methoxy groups -OCH3 is 2. The Morgan fingerprint density at radius 3 is 2.25 bits per heavy atom. The standard InChI is InChI=1S/C13H14FNO5/c1-19-9-5-7(8(14)6-10(9)20-2)11(16)15-13(3-4-13)12(17)18/h5-6H,3-4H2,1-2H3,(H,15,16)(H,17,18). The number of benzene rings is 1. The van der Waals surface area contributed by atoms with E-state index in [-0.39, 0.29) is 17.1 Å². The van der Waals surface area contributed by atoms with Crippen molar-refractivity contribution in [1.82, 2.24) is 5.32 Å². The highest BCUT2D eigenvalue weighted by Gasteiger charge is 2.51. The number of rotatable bonds is 5. The maximum absolute atomic E-state index is 13.9. The normalized spacial score (nSPS) is 15.3. The summed E-state index contributed by atoms with van der Waals surface area (Å²) in [6.07, 6.45) is 0.673. The number of ether oxygens (including phenoxy) is 2. The molecule has 0 aliphatic heterocycles. The Labute approximate surface area is 114 Å². The molecule has 6 nitrogen and oxygen atoms in total. The van der Waals surface area contributed by atoms with Gasteiger partial charge in [0.15, 0.2) is 11.5 Å². The highest BCUT2D eigenvalue weighted by molar-refractivity contribution is 5.99. The molecule has 1 amide bonds. The summed E-state index contributed by atoms with van der Waals surface area (Å²) >= 11 is 0. The minimum atomic E-state index is -1.27. The lowest BCUT2D eigenvalue weighted by Gasteiger charge is -2.14. The minimum absolute atomic E-state index is 0.154. The van der Waals surface area contributed by atoms with E-state index in [1.807, 2.05) is 0 Å². The monoisotopic (exact) mass is 283 g/mol. The first-order chi connectivity index (χ1) is 9.43. The second-order valence-electron chi connectivity index (χ2n) is 4.53. The van der Waals surface area contributed by atoms with E-state index in [1.165, 1.54) is 20.3 Å². The van der Waals surface area contributed by atoms with Crippen molar-refractivity contribution in [1.29, 1.82) is 0 Å². The van der Waals surface area contributed by atoms with E-state index in [2.05, 4.69) is 5.32 Å². The van der Waals surface area contributed by atoms with Gasteiger partial charge < -0.3 is 19.9 Å². The van der Waals surface area contributed by atoms with E-state index in [9.17, 15) is 14.0 Å². The van der Waals surface area contributed by atoms with Gasteiger partial charge in [-0.15, -0.1) is 0 Å². The number of aliphatic carboxylic acids is 1. The topological polar surface area (TPSA) is 84.9 Å². The van der Waals surface area contributed by atoms with Gasteiger partial charge in [-0.2, -0.15) is 0 Å². The van der Waals surface area contributed by atoms with Gasteiger partial charge in [-0.05, 0) is 18.9 Å². The van der Waals surface area contributed by atoms with Crippen molar-refractivity contribution in [3.8, 4) is 11.5 Å². The number of hydrogen-bond donors (Lipinski definition) is 2. The number of carbonyl (C=O) groups excluding carboxylic acids is 1. The summed E-state index contributed by atoms with van der Waals surface area (Å²) in [4.78, 5) is 23.0. The van der Waals surface area contributed by atoms with Gasteiger partial charge in [-0.25, -0.2) is 9.18 Å². The molecule has 0 bridgehead atoms. The van der Waals surface area contributed by atoms with Crippen molar-refractivity contribution in [2.45, 2.75) is 18.4 Å². The quantitative estimate of drug-likeness (QED) is 0.848. The summed E-state index contributed by atoms with van der Waals surface area (Å²) in [7, 11) is 2.71. The van der Waals surface area contributed by atoms with Gasteiger partial charge in [0.1, 0.15) is 11.4 Å². The number of amides is 1. The van der Waals surface area contributed by atoms with Crippen LogP contribution in [0.4, 0.5) is 4.39 Å². The molecule has 0 atom stereocenters. The molecule has 0 aromatic heterocycles. The highest BCUT2D eigenvalue weighted by atomic mass is 19.1. The molecule has 1 aromatic carbocycles. The van der Waals surface area contributed by atoms with Crippen molar-refractivity contribution in [2.24, 2.45) is 0 Å². The Morgan fingerprint density at radius 1 is 1.25 bits per heavy atom. The third-order valence-corrected chi connectivity index (χ3v) is 3.23. The molecule has 0 radical (unpaired) electrons. The van der Waals surface area contributed by atoms with Crippen molar-refractivity contribution >= 4 is 11.9 Å². The van der Waals surface area contributed by atoms with Crippen LogP contribution in [-0.2, 0) is 4.79 Å². The molecule has 1 aromatic rings. The first-order valence-corrected chi connectivity index (χ1v) is 5.91. The van der Waals surface area contributed by atoms with Crippen LogP contribution in [0.25, 0.3) is 0 Å². The Morgan fingerprint density at radius 2 is 1.80 bits per heavy atom. The number of nitrogens with one attached hydrogen (secondary N) is 1. The molecule has 0 unspecified atom stereocenters. The van der Waals surface area contributed by atoms with E-state index >= 15 is 0 Å². The van der Waals surface area contributed by atoms with E-state index in [0.717, 1.165) is 6.07 Å². The number of carboxylic acid groups (broad SMARTS) is 1. The van der Waals surface area contributed by atoms with Crippen molar-refractivity contribution in [3.05, 3.63) is 23.5 Å². The fraction of sp³-hybridized carbons (Fsp3) is 0.385. The van der Waals surface area contributed by atoms with Gasteiger partial charge >= 0.3 is 5.97 Å². The summed E-state index contributed by atoms with van der Waals surface area (Å²) < 4.78 is 23.8. The van der Waals surface area contributed by atoms with Crippen LogP contribution < -0.4 is 14.8 Å². The molecule has 1 aliphatic carbocycles. The highest BCUT2D eigenvalue weighted by Crippen LogP contribution is 2.36. The molecule has 20 heavy (non-hydrogen) atoms. The molecule has 1 fully saturated rings. The molecule has 2 N–H and O–H groups in total. The molecule has 7 heteroatoms. The van der Waals surface area contributed by atoms with Gasteiger partial charge in [-0.1, -0.05) is 0 Å². The zero-order valence-electron chi connectivity index (χ0n) is 11.0. The van der Waals surface area contributed by atoms with Crippen molar-refractivity contribution in [2.75, 3.05) is 14.2 Å². The van der Waals surface area contributed by atoms with Crippen LogP contribution in [0.5, 0.6) is 11.5 Å². The Balaban J connectivity index is 2.28. The van der Waals surface area contributed by atoms with Crippen molar-refractivity contribution in [3.63, 3.8) is 0 Å². The zero-order valence-corrected chi connectivity index (χ0v) is 11.0. The van der Waals surface area contributed by atoms with E-state index in [0.29, 0.717) is 12.8 Å². The fourth-order valence-electron chi connectivity index (χ4n) is 1.83. The summed E-state index contributed by atoms with van der Waals surface area (Å²) in [5, 5.41) is 11.3. The Bertz CT molecular complexity index is 568. The predicted molar refractivity (Wildman–Crippen MR) is 66.6 cm³/mol. The zero-order chi connectivity index (χ0) is 14.9. The Hall–Kier alpha value is -2.31. The van der Waals surface area contributed by atoms with Gasteiger partial charge in [0.25, 0.3) is 5.91 Å². The maximum Gasteiger partial charge on any atom is 0.329 e. The molecular weight excluding hydrogens is 269 g/mol. The van der Waals surface area contributed by atoms with Gasteiger partial charge in [-0.3, -0.25) is 4.79 Å². The van der Waals surface area contributed by atoms with Crippen LogP contribution in [0.1, 0.15) is 23.2 Å².